The second-order valence-corrected chi connectivity index (χ2v) is 6.93. The molecule has 0 aliphatic carbocycles. The van der Waals surface area contributed by atoms with E-state index in [2.05, 4.69) is 29.3 Å². The Morgan fingerprint density at radius 2 is 1.89 bits per heavy atom. The van der Waals surface area contributed by atoms with Crippen LogP contribution >= 0.6 is 0 Å². The number of aromatic nitrogens is 3. The van der Waals surface area contributed by atoms with Gasteiger partial charge >= 0.3 is 0 Å². The highest BCUT2D eigenvalue weighted by atomic mass is 16.1. The van der Waals surface area contributed by atoms with Crippen LogP contribution in [0, 0.1) is 0 Å². The zero-order valence-electron chi connectivity index (χ0n) is 16.1. The average Bonchev–Trinajstić information content (AvgIpc) is 2.68. The maximum absolute atomic E-state index is 13.0. The van der Waals surface area contributed by atoms with Gasteiger partial charge in [-0.2, -0.15) is 0 Å². The van der Waals surface area contributed by atoms with E-state index < -0.39 is 0 Å². The van der Waals surface area contributed by atoms with Crippen LogP contribution in [-0.2, 0) is 13.0 Å². The van der Waals surface area contributed by atoms with Crippen LogP contribution in [0.25, 0.3) is 11.0 Å². The van der Waals surface area contributed by atoms with Crippen molar-refractivity contribution < 1.29 is 0 Å². The smallest absolute Gasteiger partial charge is 0.280 e. The molecule has 6 heteroatoms. The Kier molecular flexibility index (Phi) is 6.68. The van der Waals surface area contributed by atoms with Crippen LogP contribution in [0.4, 0.5) is 0 Å². The number of rotatable bonds is 9. The van der Waals surface area contributed by atoms with Crippen molar-refractivity contribution in [3.63, 3.8) is 0 Å². The molecule has 0 spiro atoms. The first-order valence-corrected chi connectivity index (χ1v) is 9.39. The molecule has 2 heterocycles. The minimum Gasteiger partial charge on any atom is -0.315 e. The summed E-state index contributed by atoms with van der Waals surface area (Å²) in [5, 5.41) is 3.44. The van der Waals surface area contributed by atoms with Gasteiger partial charge in [0.15, 0.2) is 5.52 Å². The van der Waals surface area contributed by atoms with Crippen molar-refractivity contribution in [2.24, 2.45) is 0 Å². The van der Waals surface area contributed by atoms with E-state index in [1.165, 1.54) is 0 Å². The van der Waals surface area contributed by atoms with Gasteiger partial charge in [-0.25, -0.2) is 9.97 Å². The minimum absolute atomic E-state index is 0.0694. The van der Waals surface area contributed by atoms with Gasteiger partial charge in [0.1, 0.15) is 5.82 Å². The van der Waals surface area contributed by atoms with E-state index >= 15 is 0 Å². The summed E-state index contributed by atoms with van der Waals surface area (Å²) < 4.78 is 1.77. The predicted octanol–water partition coefficient (Wildman–Crippen LogP) is 1.92. The van der Waals surface area contributed by atoms with E-state index in [4.69, 9.17) is 4.98 Å². The third-order valence-electron chi connectivity index (χ3n) is 4.47. The van der Waals surface area contributed by atoms with Crippen LogP contribution in [0.15, 0.2) is 53.5 Å². The largest absolute Gasteiger partial charge is 0.315 e. The summed E-state index contributed by atoms with van der Waals surface area (Å²) in [6.07, 6.45) is 3.33. The third kappa shape index (κ3) is 5.21. The van der Waals surface area contributed by atoms with Crippen LogP contribution in [0.3, 0.4) is 0 Å². The summed E-state index contributed by atoms with van der Waals surface area (Å²) in [6.45, 7) is 3.39. The maximum atomic E-state index is 13.0. The van der Waals surface area contributed by atoms with Gasteiger partial charge in [0.2, 0.25) is 0 Å². The zero-order valence-corrected chi connectivity index (χ0v) is 16.1. The second kappa shape index (κ2) is 9.39. The highest BCUT2D eigenvalue weighted by Crippen LogP contribution is 2.09. The van der Waals surface area contributed by atoms with Crippen molar-refractivity contribution in [2.75, 3.05) is 33.7 Å². The number of nitrogens with one attached hydrogen (secondary N) is 1. The van der Waals surface area contributed by atoms with Crippen molar-refractivity contribution in [1.82, 2.24) is 24.8 Å². The molecule has 3 rings (SSSR count). The average molecular weight is 365 g/mol. The normalized spacial score (nSPS) is 11.4. The molecule has 0 bridgehead atoms. The highest BCUT2D eigenvalue weighted by molar-refractivity contribution is 5.72. The first-order valence-electron chi connectivity index (χ1n) is 9.39. The van der Waals surface area contributed by atoms with Crippen molar-refractivity contribution in [3.8, 4) is 0 Å². The van der Waals surface area contributed by atoms with E-state index in [1.807, 2.05) is 42.5 Å². The first kappa shape index (κ1) is 19.2. The molecule has 27 heavy (non-hydrogen) atoms. The molecule has 2 aromatic heterocycles. The topological polar surface area (TPSA) is 63.0 Å². The molecule has 3 aromatic rings. The monoisotopic (exact) mass is 365 g/mol. The Morgan fingerprint density at radius 1 is 1.07 bits per heavy atom. The summed E-state index contributed by atoms with van der Waals surface area (Å²) >= 11 is 0. The molecule has 1 aromatic carbocycles. The molecule has 6 nitrogen and oxygen atoms in total. The predicted molar refractivity (Wildman–Crippen MR) is 109 cm³/mol. The standard InChI is InChI=1S/C21H27N5O/c1-25(2)15-14-22-12-7-11-19-24-18-10-6-13-23-20(18)21(27)26(19)16-17-8-4-3-5-9-17/h3-6,8-10,13,22H,7,11-12,14-16H2,1-2H3. The van der Waals surface area contributed by atoms with Gasteiger partial charge in [0.05, 0.1) is 12.1 Å². The molecule has 0 fully saturated rings. The lowest BCUT2D eigenvalue weighted by Gasteiger charge is -2.14. The van der Waals surface area contributed by atoms with Crippen molar-refractivity contribution in [1.29, 1.82) is 0 Å². The molecule has 142 valence electrons. The van der Waals surface area contributed by atoms with E-state index in [0.29, 0.717) is 17.6 Å². The fourth-order valence-corrected chi connectivity index (χ4v) is 3.02. The SMILES string of the molecule is CN(C)CCNCCCc1nc2cccnc2c(=O)n1Cc1ccccc1. The quantitative estimate of drug-likeness (QED) is 0.587. The Balaban J connectivity index is 1.79. The van der Waals surface area contributed by atoms with E-state index in [9.17, 15) is 4.79 Å². The highest BCUT2D eigenvalue weighted by Gasteiger charge is 2.12. The number of benzene rings is 1. The van der Waals surface area contributed by atoms with Crippen LogP contribution in [0.2, 0.25) is 0 Å². The summed E-state index contributed by atoms with van der Waals surface area (Å²) in [5.74, 6) is 0.818. The summed E-state index contributed by atoms with van der Waals surface area (Å²) in [5.41, 5.74) is 2.12. The molecule has 0 amide bonds. The summed E-state index contributed by atoms with van der Waals surface area (Å²) in [6, 6.07) is 13.7. The molecule has 0 saturated carbocycles. The third-order valence-corrected chi connectivity index (χ3v) is 4.47. The molecular weight excluding hydrogens is 338 g/mol. The van der Waals surface area contributed by atoms with Gasteiger partial charge in [-0.05, 0) is 44.8 Å². The lowest BCUT2D eigenvalue weighted by molar-refractivity contribution is 0.399. The first-order chi connectivity index (χ1) is 13.1. The zero-order chi connectivity index (χ0) is 19.1. The number of nitrogens with zero attached hydrogens (tertiary/aromatic N) is 4. The Bertz CT molecular complexity index is 921. The van der Waals surface area contributed by atoms with Crippen molar-refractivity contribution in [2.45, 2.75) is 19.4 Å². The van der Waals surface area contributed by atoms with Gasteiger partial charge in [-0.3, -0.25) is 9.36 Å². The van der Waals surface area contributed by atoms with Gasteiger partial charge in [-0.15, -0.1) is 0 Å². The summed E-state index contributed by atoms with van der Waals surface area (Å²) in [7, 11) is 4.13. The molecule has 0 aliphatic heterocycles. The lowest BCUT2D eigenvalue weighted by Crippen LogP contribution is -2.29. The van der Waals surface area contributed by atoms with Crippen LogP contribution in [0.5, 0.6) is 0 Å². The van der Waals surface area contributed by atoms with Crippen LogP contribution < -0.4 is 10.9 Å². The summed E-state index contributed by atoms with van der Waals surface area (Å²) in [4.78, 5) is 24.1. The van der Waals surface area contributed by atoms with Gasteiger partial charge < -0.3 is 10.2 Å². The number of hydrogen-bond donors (Lipinski definition) is 1. The van der Waals surface area contributed by atoms with Crippen molar-refractivity contribution >= 4 is 11.0 Å². The molecule has 0 radical (unpaired) electrons. The molecule has 0 saturated heterocycles. The van der Waals surface area contributed by atoms with E-state index in [0.717, 1.165) is 43.9 Å². The Hall–Kier alpha value is -2.57. The van der Waals surface area contributed by atoms with Gasteiger partial charge in [0, 0.05) is 25.7 Å². The number of hydrogen-bond acceptors (Lipinski definition) is 5. The maximum Gasteiger partial charge on any atom is 0.280 e. The fraction of sp³-hybridized carbons (Fsp3) is 0.381. The van der Waals surface area contributed by atoms with Crippen LogP contribution in [-0.4, -0.2) is 53.2 Å². The molecular formula is C21H27N5O. The Labute approximate surface area is 159 Å². The molecule has 1 N–H and O–H groups in total. The number of pyridine rings is 1. The lowest BCUT2D eigenvalue weighted by atomic mass is 10.2. The van der Waals surface area contributed by atoms with Gasteiger partial charge in [0.25, 0.3) is 5.56 Å². The minimum atomic E-state index is -0.0694. The number of likely N-dealkylation sites (N-methyl/N-ethyl adjacent to an activating group) is 1. The molecule has 0 unspecified atom stereocenters. The van der Waals surface area contributed by atoms with E-state index in [1.54, 1.807) is 10.8 Å². The second-order valence-electron chi connectivity index (χ2n) is 6.93. The Morgan fingerprint density at radius 3 is 2.67 bits per heavy atom. The van der Waals surface area contributed by atoms with E-state index in [-0.39, 0.29) is 5.56 Å². The molecule has 0 atom stereocenters. The van der Waals surface area contributed by atoms with Gasteiger partial charge in [-0.1, -0.05) is 30.3 Å². The molecule has 0 aliphatic rings. The van der Waals surface area contributed by atoms with Crippen LogP contribution in [0.1, 0.15) is 17.8 Å². The van der Waals surface area contributed by atoms with Crippen molar-refractivity contribution in [3.05, 3.63) is 70.4 Å². The number of aryl methyl sites for hydroxylation is 1. The number of fused-ring (bicyclic) bond motifs is 1. The fourth-order valence-electron chi connectivity index (χ4n) is 3.02.